The average Bonchev–Trinajstić information content (AvgIpc) is 3.18. The molecule has 0 amide bonds. The minimum absolute atomic E-state index is 0.681. The molecule has 0 atom stereocenters. The van der Waals surface area contributed by atoms with Crippen LogP contribution in [0.5, 0.6) is 5.75 Å². The van der Waals surface area contributed by atoms with Crippen LogP contribution in [0.3, 0.4) is 0 Å². The smallest absolute Gasteiger partial charge is 0.120 e. The summed E-state index contributed by atoms with van der Waals surface area (Å²) in [7, 11) is 0. The molecule has 2 aromatic heterocycles. The van der Waals surface area contributed by atoms with Crippen LogP contribution in [0.4, 0.5) is 0 Å². The lowest BCUT2D eigenvalue weighted by Crippen LogP contribution is -2.38. The number of pyridine rings is 1. The van der Waals surface area contributed by atoms with Gasteiger partial charge in [-0.2, -0.15) is 0 Å². The van der Waals surface area contributed by atoms with Gasteiger partial charge in [0.25, 0.3) is 0 Å². The molecule has 34 heavy (non-hydrogen) atoms. The average molecular weight is 452 g/mol. The zero-order chi connectivity index (χ0) is 22.9. The van der Waals surface area contributed by atoms with E-state index in [4.69, 9.17) is 9.47 Å². The van der Waals surface area contributed by atoms with Crippen molar-refractivity contribution in [1.29, 1.82) is 0 Å². The molecule has 5 heteroatoms. The Balaban J connectivity index is 1.43. The molecule has 0 bridgehead atoms. The van der Waals surface area contributed by atoms with Gasteiger partial charge in [-0.3, -0.25) is 9.88 Å². The van der Waals surface area contributed by atoms with Crippen LogP contribution in [0.25, 0.3) is 32.6 Å². The molecule has 3 heterocycles. The molecule has 0 saturated carbocycles. The van der Waals surface area contributed by atoms with Crippen molar-refractivity contribution in [3.8, 4) is 5.75 Å². The number of hydrogen-bond acceptors (Lipinski definition) is 4. The highest BCUT2D eigenvalue weighted by Gasteiger charge is 2.17. The summed E-state index contributed by atoms with van der Waals surface area (Å²) in [5.41, 5.74) is 5.09. The summed E-state index contributed by atoms with van der Waals surface area (Å²) < 4.78 is 14.1. The molecule has 0 spiro atoms. The van der Waals surface area contributed by atoms with Crippen LogP contribution in [0, 0.1) is 6.92 Å². The van der Waals surface area contributed by atoms with Gasteiger partial charge in [-0.05, 0) is 53.8 Å². The van der Waals surface area contributed by atoms with Crippen LogP contribution in [0.2, 0.25) is 0 Å². The Kier molecular flexibility index (Phi) is 5.65. The van der Waals surface area contributed by atoms with Crippen molar-refractivity contribution in [2.24, 2.45) is 0 Å². The molecule has 1 fully saturated rings. The Morgan fingerprint density at radius 1 is 0.941 bits per heavy atom. The first-order valence-electron chi connectivity index (χ1n) is 12.0. The number of hydrogen-bond donors (Lipinski definition) is 0. The zero-order valence-electron chi connectivity index (χ0n) is 19.5. The van der Waals surface area contributed by atoms with E-state index in [9.17, 15) is 0 Å². The molecular formula is C29H29N3O2. The van der Waals surface area contributed by atoms with Crippen LogP contribution < -0.4 is 4.74 Å². The van der Waals surface area contributed by atoms with Crippen LogP contribution in [0.15, 0.2) is 73.1 Å². The summed E-state index contributed by atoms with van der Waals surface area (Å²) in [6.45, 7) is 8.25. The van der Waals surface area contributed by atoms with Gasteiger partial charge in [0.05, 0.1) is 18.7 Å². The van der Waals surface area contributed by atoms with Crippen LogP contribution >= 0.6 is 0 Å². The molecule has 172 valence electrons. The van der Waals surface area contributed by atoms with Crippen LogP contribution in [-0.4, -0.2) is 53.9 Å². The standard InChI is InChI=1S/C29H29N3O2/c1-21-25-9-10-30-19-23(25)17-27-26-18-24(34-16-13-31-11-14-33-15-12-31)7-8-28(26)32(29(21)27)20-22-5-3-2-4-6-22/h2-10,17-19H,11-16,20H2,1H3. The first-order valence-corrected chi connectivity index (χ1v) is 12.0. The second kappa shape index (κ2) is 9.09. The molecule has 1 saturated heterocycles. The highest BCUT2D eigenvalue weighted by molar-refractivity contribution is 6.14. The van der Waals surface area contributed by atoms with Crippen molar-refractivity contribution in [3.05, 3.63) is 84.2 Å². The number of rotatable bonds is 6. The first kappa shape index (κ1) is 21.1. The Morgan fingerprint density at radius 2 is 1.79 bits per heavy atom. The Bertz CT molecular complexity index is 1450. The molecule has 0 N–H and O–H groups in total. The highest BCUT2D eigenvalue weighted by Crippen LogP contribution is 2.37. The summed E-state index contributed by atoms with van der Waals surface area (Å²) in [5, 5.41) is 4.90. The third-order valence-electron chi connectivity index (χ3n) is 6.95. The number of morpholine rings is 1. The fraction of sp³-hybridized carbons (Fsp3) is 0.276. The molecule has 5 nitrogen and oxygen atoms in total. The lowest BCUT2D eigenvalue weighted by Gasteiger charge is -2.26. The summed E-state index contributed by atoms with van der Waals surface area (Å²) in [4.78, 5) is 6.77. The Labute approximate surface area is 199 Å². The number of benzene rings is 3. The van der Waals surface area contributed by atoms with Crippen molar-refractivity contribution < 1.29 is 9.47 Å². The van der Waals surface area contributed by atoms with Gasteiger partial charge in [0.15, 0.2) is 0 Å². The predicted molar refractivity (Wildman–Crippen MR) is 138 cm³/mol. The summed E-state index contributed by atoms with van der Waals surface area (Å²) in [6, 6.07) is 21.6. The van der Waals surface area contributed by atoms with E-state index >= 15 is 0 Å². The molecule has 1 aliphatic rings. The fourth-order valence-electron chi connectivity index (χ4n) is 5.19. The minimum atomic E-state index is 0.681. The molecule has 0 unspecified atom stereocenters. The minimum Gasteiger partial charge on any atom is -0.492 e. The Hall–Kier alpha value is -3.41. The van der Waals surface area contributed by atoms with Gasteiger partial charge in [0.2, 0.25) is 0 Å². The maximum absolute atomic E-state index is 6.21. The van der Waals surface area contributed by atoms with Gasteiger partial charge in [-0.1, -0.05) is 30.3 Å². The monoisotopic (exact) mass is 451 g/mol. The largest absolute Gasteiger partial charge is 0.492 e. The van der Waals surface area contributed by atoms with Crippen molar-refractivity contribution in [1.82, 2.24) is 14.5 Å². The quantitative estimate of drug-likeness (QED) is 0.346. The third kappa shape index (κ3) is 3.91. The Morgan fingerprint density at radius 3 is 2.65 bits per heavy atom. The topological polar surface area (TPSA) is 39.5 Å². The lowest BCUT2D eigenvalue weighted by atomic mass is 10.0. The summed E-state index contributed by atoms with van der Waals surface area (Å²) in [5.74, 6) is 0.920. The molecule has 1 aliphatic heterocycles. The van der Waals surface area contributed by atoms with Crippen molar-refractivity contribution in [3.63, 3.8) is 0 Å². The van der Waals surface area contributed by atoms with E-state index in [2.05, 4.69) is 82.0 Å². The summed E-state index contributed by atoms with van der Waals surface area (Å²) >= 11 is 0. The highest BCUT2D eigenvalue weighted by atomic mass is 16.5. The normalized spacial score (nSPS) is 14.9. The number of fused-ring (bicyclic) bond motifs is 4. The SMILES string of the molecule is Cc1c2ccncc2cc2c3cc(OCCN4CCOCC4)ccc3n(Cc3ccccc3)c12. The maximum Gasteiger partial charge on any atom is 0.120 e. The maximum atomic E-state index is 6.21. The van der Waals surface area contributed by atoms with Crippen LogP contribution in [-0.2, 0) is 11.3 Å². The third-order valence-corrected chi connectivity index (χ3v) is 6.95. The molecule has 5 aromatic rings. The number of ether oxygens (including phenoxy) is 2. The predicted octanol–water partition coefficient (Wildman–Crippen LogP) is 5.41. The van der Waals surface area contributed by atoms with Crippen molar-refractivity contribution in [2.45, 2.75) is 13.5 Å². The van der Waals surface area contributed by atoms with E-state index in [1.54, 1.807) is 0 Å². The van der Waals surface area contributed by atoms with E-state index < -0.39 is 0 Å². The lowest BCUT2D eigenvalue weighted by molar-refractivity contribution is 0.0322. The van der Waals surface area contributed by atoms with Gasteiger partial charge in [-0.15, -0.1) is 0 Å². The molecular weight excluding hydrogens is 422 g/mol. The van der Waals surface area contributed by atoms with E-state index in [-0.39, 0.29) is 0 Å². The fourth-order valence-corrected chi connectivity index (χ4v) is 5.19. The molecule has 0 aliphatic carbocycles. The number of nitrogens with zero attached hydrogens (tertiary/aromatic N) is 3. The van der Waals surface area contributed by atoms with Gasteiger partial charge in [0.1, 0.15) is 12.4 Å². The van der Waals surface area contributed by atoms with E-state index in [0.29, 0.717) is 6.61 Å². The van der Waals surface area contributed by atoms with Gasteiger partial charge in [0, 0.05) is 60.2 Å². The molecule has 0 radical (unpaired) electrons. The van der Waals surface area contributed by atoms with E-state index in [0.717, 1.165) is 45.1 Å². The van der Waals surface area contributed by atoms with E-state index in [1.165, 1.54) is 43.7 Å². The second-order valence-corrected chi connectivity index (χ2v) is 9.05. The van der Waals surface area contributed by atoms with E-state index in [1.807, 2.05) is 12.4 Å². The first-order chi connectivity index (χ1) is 16.8. The van der Waals surface area contributed by atoms with Gasteiger partial charge in [-0.25, -0.2) is 0 Å². The number of aromatic nitrogens is 2. The zero-order valence-corrected chi connectivity index (χ0v) is 19.5. The van der Waals surface area contributed by atoms with Gasteiger partial charge >= 0.3 is 0 Å². The molecule has 6 rings (SSSR count). The second-order valence-electron chi connectivity index (χ2n) is 9.05. The molecule has 3 aromatic carbocycles. The van der Waals surface area contributed by atoms with Gasteiger partial charge < -0.3 is 14.0 Å². The number of aryl methyl sites for hydroxylation is 1. The van der Waals surface area contributed by atoms with Crippen LogP contribution in [0.1, 0.15) is 11.1 Å². The van der Waals surface area contributed by atoms with Crippen molar-refractivity contribution >= 4 is 32.6 Å². The summed E-state index contributed by atoms with van der Waals surface area (Å²) in [6.07, 6.45) is 3.84. The van der Waals surface area contributed by atoms with Crippen molar-refractivity contribution in [2.75, 3.05) is 39.5 Å².